The van der Waals surface area contributed by atoms with Gasteiger partial charge in [-0.05, 0) is 80.8 Å². The number of hydrogen-bond donors (Lipinski definition) is 2. The van der Waals surface area contributed by atoms with Crippen molar-refractivity contribution in [2.75, 3.05) is 17.2 Å². The van der Waals surface area contributed by atoms with Crippen LogP contribution in [0.2, 0.25) is 0 Å². The van der Waals surface area contributed by atoms with Gasteiger partial charge in [-0.15, -0.1) is 0 Å². The second kappa shape index (κ2) is 11.1. The minimum absolute atomic E-state index is 0.00472. The summed E-state index contributed by atoms with van der Waals surface area (Å²) in [5.74, 6) is -0.268. The minimum atomic E-state index is -4.71. The number of nitrogens with one attached hydrogen (secondary N) is 2. The first-order valence-corrected chi connectivity index (χ1v) is 12.0. The maximum Gasteiger partial charge on any atom is 0.418 e. The first-order chi connectivity index (χ1) is 16.8. The molecule has 9 heteroatoms. The number of carbonyl (C=O) groups excluding carboxylic acids is 2. The summed E-state index contributed by atoms with van der Waals surface area (Å²) in [7, 11) is 0. The molecule has 1 saturated heterocycles. The van der Waals surface area contributed by atoms with Crippen LogP contribution in [-0.4, -0.2) is 30.6 Å². The molecule has 2 amide bonds. The van der Waals surface area contributed by atoms with Crippen molar-refractivity contribution in [1.29, 1.82) is 0 Å². The van der Waals surface area contributed by atoms with E-state index in [0.717, 1.165) is 55.5 Å². The third-order valence-corrected chi connectivity index (χ3v) is 6.23. The van der Waals surface area contributed by atoms with Crippen LogP contribution in [0.25, 0.3) is 0 Å². The Morgan fingerprint density at radius 1 is 1.00 bits per heavy atom. The number of rotatable bonds is 8. The van der Waals surface area contributed by atoms with Gasteiger partial charge in [0.15, 0.2) is 0 Å². The molecule has 6 nitrogen and oxygen atoms in total. The Hall–Kier alpha value is -3.07. The summed E-state index contributed by atoms with van der Waals surface area (Å²) in [6.45, 7) is 0.453. The molecule has 188 valence electrons. The summed E-state index contributed by atoms with van der Waals surface area (Å²) in [4.78, 5) is 24.7. The van der Waals surface area contributed by atoms with Gasteiger partial charge in [-0.3, -0.25) is 9.59 Å². The van der Waals surface area contributed by atoms with Gasteiger partial charge in [0.1, 0.15) is 11.9 Å². The Labute approximate surface area is 202 Å². The maximum absolute atomic E-state index is 13.7. The molecule has 1 unspecified atom stereocenters. The van der Waals surface area contributed by atoms with Crippen LogP contribution in [0.15, 0.2) is 42.5 Å². The van der Waals surface area contributed by atoms with E-state index in [1.165, 1.54) is 6.07 Å². The van der Waals surface area contributed by atoms with Gasteiger partial charge in [0.05, 0.1) is 17.4 Å². The molecule has 0 spiro atoms. The molecule has 2 aromatic carbocycles. The van der Waals surface area contributed by atoms with Gasteiger partial charge >= 0.3 is 6.18 Å². The van der Waals surface area contributed by atoms with Crippen LogP contribution < -0.4 is 15.4 Å². The van der Waals surface area contributed by atoms with Gasteiger partial charge < -0.3 is 20.1 Å². The van der Waals surface area contributed by atoms with Crippen molar-refractivity contribution in [3.05, 3.63) is 53.6 Å². The zero-order valence-corrected chi connectivity index (χ0v) is 19.3. The monoisotopic (exact) mass is 490 g/mol. The zero-order valence-electron chi connectivity index (χ0n) is 19.3. The van der Waals surface area contributed by atoms with Crippen LogP contribution >= 0.6 is 0 Å². The minimum Gasteiger partial charge on any atom is -0.490 e. The molecule has 2 aromatic rings. The molecule has 1 aliphatic heterocycles. The molecule has 35 heavy (non-hydrogen) atoms. The van der Waals surface area contributed by atoms with E-state index in [9.17, 15) is 22.8 Å². The van der Waals surface area contributed by atoms with Crippen molar-refractivity contribution in [1.82, 2.24) is 0 Å². The predicted octanol–water partition coefficient (Wildman–Crippen LogP) is 5.72. The number of carbonyl (C=O) groups is 2. The highest BCUT2D eigenvalue weighted by molar-refractivity contribution is 5.96. The number of benzene rings is 2. The number of hydrogen-bond acceptors (Lipinski definition) is 4. The van der Waals surface area contributed by atoms with Crippen LogP contribution in [0.3, 0.4) is 0 Å². The molecule has 2 fully saturated rings. The van der Waals surface area contributed by atoms with Crippen LogP contribution in [0.4, 0.5) is 24.5 Å². The fourth-order valence-electron chi connectivity index (χ4n) is 4.42. The Bertz CT molecular complexity index is 1050. The Morgan fingerprint density at radius 3 is 2.51 bits per heavy atom. The Kier molecular flexibility index (Phi) is 7.95. The molecule has 1 aliphatic carbocycles. The van der Waals surface area contributed by atoms with Crippen molar-refractivity contribution in [3.63, 3.8) is 0 Å². The Morgan fingerprint density at radius 2 is 1.80 bits per heavy atom. The van der Waals surface area contributed by atoms with E-state index in [1.54, 1.807) is 0 Å². The fourth-order valence-corrected chi connectivity index (χ4v) is 4.42. The molecular weight excluding hydrogens is 461 g/mol. The zero-order chi connectivity index (χ0) is 24.8. The smallest absolute Gasteiger partial charge is 0.418 e. The van der Waals surface area contributed by atoms with E-state index in [1.807, 2.05) is 24.3 Å². The van der Waals surface area contributed by atoms with E-state index in [4.69, 9.17) is 9.47 Å². The number of halogens is 3. The van der Waals surface area contributed by atoms with E-state index < -0.39 is 29.7 Å². The predicted molar refractivity (Wildman–Crippen MR) is 125 cm³/mol. The average Bonchev–Trinajstić information content (AvgIpc) is 3.53. The molecule has 0 bridgehead atoms. The molecule has 1 saturated carbocycles. The van der Waals surface area contributed by atoms with Crippen molar-refractivity contribution in [2.45, 2.75) is 69.8 Å². The first kappa shape index (κ1) is 25.0. The van der Waals surface area contributed by atoms with E-state index in [0.29, 0.717) is 19.4 Å². The number of alkyl halides is 3. The third kappa shape index (κ3) is 6.97. The van der Waals surface area contributed by atoms with E-state index >= 15 is 0 Å². The standard InChI is InChI=1S/C26H29F3N2O4/c27-26(28,29)21-16-18(30-25(33)23-9-4-14-34-23)11-12-22(21)31-24(32)13-10-17-5-3-8-20(15-17)35-19-6-1-2-7-19/h3,5,8,11-12,15-16,19,23H,1-2,4,6-7,9-10,13-14H2,(H,30,33)(H,31,32). The highest BCUT2D eigenvalue weighted by atomic mass is 19.4. The topological polar surface area (TPSA) is 76.7 Å². The molecule has 1 atom stereocenters. The SMILES string of the molecule is O=C(CCc1cccc(OC2CCCC2)c1)Nc1ccc(NC(=O)C2CCCO2)cc1C(F)(F)F. The van der Waals surface area contributed by atoms with Gasteiger partial charge in [-0.25, -0.2) is 0 Å². The molecule has 2 N–H and O–H groups in total. The lowest BCUT2D eigenvalue weighted by atomic mass is 10.1. The molecule has 4 rings (SSSR count). The van der Waals surface area contributed by atoms with Crippen LogP contribution in [0.5, 0.6) is 5.75 Å². The summed E-state index contributed by atoms with van der Waals surface area (Å²) in [6, 6.07) is 10.8. The van der Waals surface area contributed by atoms with E-state index in [-0.39, 0.29) is 23.9 Å². The summed E-state index contributed by atoms with van der Waals surface area (Å²) in [5, 5.41) is 4.83. The normalized spacial score (nSPS) is 18.4. The molecule has 0 radical (unpaired) electrons. The lowest BCUT2D eigenvalue weighted by Gasteiger charge is -2.17. The number of aryl methyl sites for hydroxylation is 1. The van der Waals surface area contributed by atoms with E-state index in [2.05, 4.69) is 10.6 Å². The van der Waals surface area contributed by atoms with Gasteiger partial charge in [-0.1, -0.05) is 12.1 Å². The average molecular weight is 491 g/mol. The van der Waals surface area contributed by atoms with Crippen molar-refractivity contribution >= 4 is 23.2 Å². The highest BCUT2D eigenvalue weighted by Crippen LogP contribution is 2.37. The summed E-state index contributed by atoms with van der Waals surface area (Å²) in [6.07, 6.45) is 0.871. The molecule has 1 heterocycles. The maximum atomic E-state index is 13.7. The summed E-state index contributed by atoms with van der Waals surface area (Å²) >= 11 is 0. The molecule has 0 aromatic heterocycles. The van der Waals surface area contributed by atoms with Gasteiger partial charge in [0.25, 0.3) is 5.91 Å². The first-order valence-electron chi connectivity index (χ1n) is 12.0. The Balaban J connectivity index is 1.36. The van der Waals surface area contributed by atoms with Crippen molar-refractivity contribution in [2.24, 2.45) is 0 Å². The third-order valence-electron chi connectivity index (χ3n) is 6.23. The van der Waals surface area contributed by atoms with Crippen molar-refractivity contribution < 1.29 is 32.2 Å². The number of ether oxygens (including phenoxy) is 2. The fraction of sp³-hybridized carbons (Fsp3) is 0.462. The second-order valence-electron chi connectivity index (χ2n) is 8.97. The van der Waals surface area contributed by atoms with Gasteiger partial charge in [0, 0.05) is 18.7 Å². The number of amides is 2. The van der Waals surface area contributed by atoms with Crippen LogP contribution in [0, 0.1) is 0 Å². The van der Waals surface area contributed by atoms with Crippen molar-refractivity contribution in [3.8, 4) is 5.75 Å². The van der Waals surface area contributed by atoms with Gasteiger partial charge in [-0.2, -0.15) is 13.2 Å². The number of anilines is 2. The van der Waals surface area contributed by atoms with Gasteiger partial charge in [0.2, 0.25) is 5.91 Å². The lowest BCUT2D eigenvalue weighted by Crippen LogP contribution is -2.27. The largest absolute Gasteiger partial charge is 0.490 e. The quantitative estimate of drug-likeness (QED) is 0.497. The van der Waals surface area contributed by atoms with Crippen LogP contribution in [-0.2, 0) is 26.9 Å². The lowest BCUT2D eigenvalue weighted by molar-refractivity contribution is -0.137. The summed E-state index contributed by atoms with van der Waals surface area (Å²) in [5.41, 5.74) is -0.507. The second-order valence-corrected chi connectivity index (χ2v) is 8.97. The van der Waals surface area contributed by atoms with Crippen LogP contribution in [0.1, 0.15) is 56.1 Å². The highest BCUT2D eigenvalue weighted by Gasteiger charge is 2.35. The molecular formula is C26H29F3N2O4. The molecule has 2 aliphatic rings. The summed E-state index contributed by atoms with van der Waals surface area (Å²) < 4.78 is 52.3.